The molecule has 1 aliphatic heterocycles. The van der Waals surface area contributed by atoms with Gasteiger partial charge in [0.2, 0.25) is 0 Å². The minimum atomic E-state index is -0.655. The standard InChI is InChI=1S/C16H19N3O4/c1-22-14(20)10-13(16(21)23-2)19-12-6-4-11(5-7-12)15-17-8-3-9-18-15/h4-7,10,19H,3,8-9H2,1-2H3,(H,17,18)/b13-10+. The van der Waals surface area contributed by atoms with Gasteiger partial charge in [0.1, 0.15) is 11.5 Å². The highest BCUT2D eigenvalue weighted by atomic mass is 16.5. The Balaban J connectivity index is 2.14. The van der Waals surface area contributed by atoms with Gasteiger partial charge in [0, 0.05) is 24.3 Å². The van der Waals surface area contributed by atoms with Crippen molar-refractivity contribution in [3.05, 3.63) is 41.6 Å². The van der Waals surface area contributed by atoms with Crippen LogP contribution in [-0.4, -0.2) is 45.1 Å². The molecule has 0 aromatic heterocycles. The number of rotatable bonds is 5. The highest BCUT2D eigenvalue weighted by molar-refractivity contribution is 6.00. The molecule has 7 nitrogen and oxygen atoms in total. The zero-order valence-electron chi connectivity index (χ0n) is 13.1. The topological polar surface area (TPSA) is 89.0 Å². The number of hydrogen-bond acceptors (Lipinski definition) is 7. The van der Waals surface area contributed by atoms with E-state index < -0.39 is 11.9 Å². The third kappa shape index (κ3) is 4.57. The first-order valence-electron chi connectivity index (χ1n) is 7.18. The van der Waals surface area contributed by atoms with Crippen molar-refractivity contribution in [2.45, 2.75) is 6.42 Å². The Morgan fingerprint density at radius 3 is 2.52 bits per heavy atom. The van der Waals surface area contributed by atoms with E-state index in [9.17, 15) is 9.59 Å². The van der Waals surface area contributed by atoms with Gasteiger partial charge in [-0.25, -0.2) is 9.59 Å². The summed E-state index contributed by atoms with van der Waals surface area (Å²) >= 11 is 0. The van der Waals surface area contributed by atoms with E-state index in [1.54, 1.807) is 12.1 Å². The zero-order chi connectivity index (χ0) is 16.7. The normalized spacial score (nSPS) is 14.3. The lowest BCUT2D eigenvalue weighted by Gasteiger charge is -2.15. The van der Waals surface area contributed by atoms with Gasteiger partial charge < -0.3 is 20.1 Å². The van der Waals surface area contributed by atoms with Crippen LogP contribution in [0.2, 0.25) is 0 Å². The molecule has 0 saturated carbocycles. The van der Waals surface area contributed by atoms with E-state index in [1.165, 1.54) is 14.2 Å². The fourth-order valence-corrected chi connectivity index (χ4v) is 2.03. The lowest BCUT2D eigenvalue weighted by molar-refractivity contribution is -0.138. The minimum Gasteiger partial charge on any atom is -0.466 e. The van der Waals surface area contributed by atoms with Crippen molar-refractivity contribution in [1.29, 1.82) is 0 Å². The van der Waals surface area contributed by atoms with E-state index in [0.29, 0.717) is 5.69 Å². The molecule has 1 heterocycles. The van der Waals surface area contributed by atoms with Crippen LogP contribution in [0.4, 0.5) is 5.69 Å². The molecule has 1 aliphatic rings. The molecule has 7 heteroatoms. The predicted molar refractivity (Wildman–Crippen MR) is 86.2 cm³/mol. The van der Waals surface area contributed by atoms with Crippen LogP contribution < -0.4 is 10.6 Å². The summed E-state index contributed by atoms with van der Waals surface area (Å²) in [5.74, 6) is -0.436. The van der Waals surface area contributed by atoms with Gasteiger partial charge >= 0.3 is 11.9 Å². The first-order valence-corrected chi connectivity index (χ1v) is 7.18. The van der Waals surface area contributed by atoms with Gasteiger partial charge in [0.25, 0.3) is 0 Å². The first-order chi connectivity index (χ1) is 11.1. The number of aliphatic imine (C=N–C) groups is 1. The fraction of sp³-hybridized carbons (Fsp3) is 0.312. The number of amidine groups is 1. The molecular weight excluding hydrogens is 298 g/mol. The number of carbonyl (C=O) groups excluding carboxylic acids is 2. The van der Waals surface area contributed by atoms with E-state index >= 15 is 0 Å². The van der Waals surface area contributed by atoms with E-state index in [4.69, 9.17) is 0 Å². The highest BCUT2D eigenvalue weighted by Gasteiger charge is 2.13. The molecule has 2 N–H and O–H groups in total. The van der Waals surface area contributed by atoms with Crippen molar-refractivity contribution in [2.24, 2.45) is 4.99 Å². The van der Waals surface area contributed by atoms with Gasteiger partial charge in [-0.1, -0.05) is 0 Å². The summed E-state index contributed by atoms with van der Waals surface area (Å²) in [6.45, 7) is 1.73. The van der Waals surface area contributed by atoms with Gasteiger partial charge in [0.15, 0.2) is 0 Å². The largest absolute Gasteiger partial charge is 0.466 e. The quantitative estimate of drug-likeness (QED) is 0.624. The highest BCUT2D eigenvalue weighted by Crippen LogP contribution is 2.14. The summed E-state index contributed by atoms with van der Waals surface area (Å²) in [4.78, 5) is 27.4. The summed E-state index contributed by atoms with van der Waals surface area (Å²) in [5, 5.41) is 6.09. The van der Waals surface area contributed by atoms with E-state index in [1.807, 2.05) is 12.1 Å². The molecule has 0 fully saturated rings. The average Bonchev–Trinajstić information content (AvgIpc) is 2.61. The maximum Gasteiger partial charge on any atom is 0.354 e. The molecule has 0 saturated heterocycles. The second-order valence-electron chi connectivity index (χ2n) is 4.79. The molecule has 1 aromatic carbocycles. The minimum absolute atomic E-state index is 0.000215. The number of methoxy groups -OCH3 is 2. The molecule has 0 bridgehead atoms. The van der Waals surface area contributed by atoms with E-state index in [2.05, 4.69) is 25.1 Å². The maximum absolute atomic E-state index is 11.7. The van der Waals surface area contributed by atoms with Crippen molar-refractivity contribution in [3.63, 3.8) is 0 Å². The van der Waals surface area contributed by atoms with Crippen LogP contribution in [-0.2, 0) is 19.1 Å². The Kier molecular flexibility index (Phi) is 5.74. The van der Waals surface area contributed by atoms with Crippen molar-refractivity contribution < 1.29 is 19.1 Å². The zero-order valence-corrected chi connectivity index (χ0v) is 13.1. The van der Waals surface area contributed by atoms with Crippen molar-refractivity contribution >= 4 is 23.5 Å². The van der Waals surface area contributed by atoms with Crippen LogP contribution in [0, 0.1) is 0 Å². The lowest BCUT2D eigenvalue weighted by Crippen LogP contribution is -2.30. The van der Waals surface area contributed by atoms with E-state index in [0.717, 1.165) is 37.0 Å². The number of carbonyl (C=O) groups is 2. The number of anilines is 1. The Morgan fingerprint density at radius 1 is 1.22 bits per heavy atom. The number of nitrogens with one attached hydrogen (secondary N) is 2. The molecule has 0 amide bonds. The molecule has 0 radical (unpaired) electrons. The molecule has 23 heavy (non-hydrogen) atoms. The molecule has 0 atom stereocenters. The number of ether oxygens (including phenoxy) is 2. The molecule has 0 aliphatic carbocycles. The average molecular weight is 317 g/mol. The number of benzene rings is 1. The number of hydrogen-bond donors (Lipinski definition) is 2. The molecule has 0 unspecified atom stereocenters. The molecule has 122 valence electrons. The Bertz CT molecular complexity index is 635. The third-order valence-electron chi connectivity index (χ3n) is 3.20. The second-order valence-corrected chi connectivity index (χ2v) is 4.79. The fourth-order valence-electron chi connectivity index (χ4n) is 2.03. The van der Waals surface area contributed by atoms with Crippen LogP contribution in [0.3, 0.4) is 0 Å². The summed E-state index contributed by atoms with van der Waals surface area (Å²) in [6, 6.07) is 7.35. The summed E-state index contributed by atoms with van der Waals surface area (Å²) in [5.41, 5.74) is 1.61. The third-order valence-corrected chi connectivity index (χ3v) is 3.20. The van der Waals surface area contributed by atoms with Crippen LogP contribution in [0.15, 0.2) is 41.0 Å². The molecule has 2 rings (SSSR count). The maximum atomic E-state index is 11.7. The molecular formula is C16H19N3O4. The number of esters is 2. The van der Waals surface area contributed by atoms with Gasteiger partial charge in [-0.15, -0.1) is 0 Å². The predicted octanol–water partition coefficient (Wildman–Crippen LogP) is 1.07. The van der Waals surface area contributed by atoms with Crippen molar-refractivity contribution in [1.82, 2.24) is 5.32 Å². The van der Waals surface area contributed by atoms with Crippen LogP contribution in [0.1, 0.15) is 12.0 Å². The van der Waals surface area contributed by atoms with Crippen molar-refractivity contribution in [2.75, 3.05) is 32.6 Å². The number of nitrogens with zero attached hydrogens (tertiary/aromatic N) is 1. The first kappa shape index (κ1) is 16.5. The van der Waals surface area contributed by atoms with Gasteiger partial charge in [0.05, 0.1) is 20.3 Å². The molecule has 0 spiro atoms. The van der Waals surface area contributed by atoms with E-state index in [-0.39, 0.29) is 5.70 Å². The van der Waals surface area contributed by atoms with Crippen LogP contribution in [0.25, 0.3) is 0 Å². The van der Waals surface area contributed by atoms with Gasteiger partial charge in [-0.2, -0.15) is 0 Å². The second kappa shape index (κ2) is 7.98. The Hall–Kier alpha value is -2.83. The Morgan fingerprint density at radius 2 is 1.96 bits per heavy atom. The smallest absolute Gasteiger partial charge is 0.354 e. The summed E-state index contributed by atoms with van der Waals surface area (Å²) in [6.07, 6.45) is 2.08. The lowest BCUT2D eigenvalue weighted by atomic mass is 10.1. The summed E-state index contributed by atoms with van der Waals surface area (Å²) in [7, 11) is 2.48. The monoisotopic (exact) mass is 317 g/mol. The SMILES string of the molecule is COC(=O)/C=C(/Nc1ccc(C2=NCCCN2)cc1)C(=O)OC. The Labute approximate surface area is 134 Å². The van der Waals surface area contributed by atoms with Gasteiger partial charge in [-0.3, -0.25) is 4.99 Å². The van der Waals surface area contributed by atoms with Crippen LogP contribution in [0.5, 0.6) is 0 Å². The molecule has 1 aromatic rings. The van der Waals surface area contributed by atoms with Gasteiger partial charge in [-0.05, 0) is 30.7 Å². The van der Waals surface area contributed by atoms with Crippen LogP contribution >= 0.6 is 0 Å². The summed E-state index contributed by atoms with van der Waals surface area (Å²) < 4.78 is 9.17. The van der Waals surface area contributed by atoms with Crippen molar-refractivity contribution in [3.8, 4) is 0 Å².